The molecule has 0 saturated heterocycles. The van der Waals surface area contributed by atoms with Crippen molar-refractivity contribution < 1.29 is 0 Å². The Kier molecular flexibility index (Phi) is 5.10. The molecule has 0 bridgehead atoms. The van der Waals surface area contributed by atoms with Crippen LogP contribution >= 0.6 is 27.3 Å². The van der Waals surface area contributed by atoms with Crippen LogP contribution in [0.4, 0.5) is 0 Å². The summed E-state index contributed by atoms with van der Waals surface area (Å²) in [5.74, 6) is 0. The van der Waals surface area contributed by atoms with Crippen molar-refractivity contribution in [3.63, 3.8) is 0 Å². The normalized spacial score (nSPS) is 10.1. The van der Waals surface area contributed by atoms with Crippen LogP contribution in [0, 0.1) is 0 Å². The van der Waals surface area contributed by atoms with Crippen LogP contribution in [0.15, 0.2) is 64.5 Å². The lowest BCUT2D eigenvalue weighted by Gasteiger charge is -1.98. The Morgan fingerprint density at radius 3 is 2.35 bits per heavy atom. The van der Waals surface area contributed by atoms with Crippen molar-refractivity contribution in [2.24, 2.45) is 0 Å². The highest BCUT2D eigenvalue weighted by Crippen LogP contribution is 2.23. The van der Waals surface area contributed by atoms with E-state index in [0.29, 0.717) is 0 Å². The zero-order valence-electron chi connectivity index (χ0n) is 10.2. The van der Waals surface area contributed by atoms with Crippen molar-refractivity contribution in [2.75, 3.05) is 0 Å². The van der Waals surface area contributed by atoms with Gasteiger partial charge in [0.2, 0.25) is 0 Å². The van der Waals surface area contributed by atoms with Gasteiger partial charge in [-0.1, -0.05) is 65.8 Å². The molecule has 0 unspecified atom stereocenters. The molecule has 1 heterocycles. The zero-order valence-corrected chi connectivity index (χ0v) is 12.6. The Labute approximate surface area is 132 Å². The van der Waals surface area contributed by atoms with Crippen LogP contribution in [0.25, 0.3) is 11.3 Å². The number of hydrogen-bond donors (Lipinski definition) is 0. The maximum atomic E-state index is 4.71. The van der Waals surface area contributed by atoms with Gasteiger partial charge < -0.3 is 0 Å². The maximum absolute atomic E-state index is 4.71. The Bertz CT molecular complexity index is 659. The van der Waals surface area contributed by atoms with E-state index in [9.17, 15) is 0 Å². The van der Waals surface area contributed by atoms with Gasteiger partial charge in [0.25, 0.3) is 0 Å². The SMILES string of the molecule is Brc1ccc(Cc2nc(-c3ccccc3)cs2)cc1.C. The first-order chi connectivity index (χ1) is 9.31. The molecule has 0 aliphatic carbocycles. The fraction of sp³-hybridized carbons (Fsp3) is 0.118. The number of thiazole rings is 1. The molecule has 0 atom stereocenters. The van der Waals surface area contributed by atoms with Crippen molar-refractivity contribution >= 4 is 27.3 Å². The predicted molar refractivity (Wildman–Crippen MR) is 91.2 cm³/mol. The average Bonchev–Trinajstić information content (AvgIpc) is 2.91. The Morgan fingerprint density at radius 1 is 0.950 bits per heavy atom. The fourth-order valence-electron chi connectivity index (χ4n) is 1.91. The van der Waals surface area contributed by atoms with Crippen LogP contribution in [0.5, 0.6) is 0 Å². The van der Waals surface area contributed by atoms with E-state index in [0.717, 1.165) is 21.6 Å². The number of rotatable bonds is 3. The number of aromatic nitrogens is 1. The van der Waals surface area contributed by atoms with E-state index in [1.54, 1.807) is 11.3 Å². The van der Waals surface area contributed by atoms with E-state index < -0.39 is 0 Å². The molecular formula is C17H16BrNS. The second kappa shape index (κ2) is 6.82. The molecule has 3 rings (SSSR count). The smallest absolute Gasteiger partial charge is 0.0976 e. The lowest BCUT2D eigenvalue weighted by atomic mass is 10.1. The Hall–Kier alpha value is -1.45. The summed E-state index contributed by atoms with van der Waals surface area (Å²) in [4.78, 5) is 4.71. The van der Waals surface area contributed by atoms with Crippen molar-refractivity contribution in [3.8, 4) is 11.3 Å². The first-order valence-corrected chi connectivity index (χ1v) is 7.73. The van der Waals surface area contributed by atoms with Gasteiger partial charge in [-0.3, -0.25) is 0 Å². The van der Waals surface area contributed by atoms with Gasteiger partial charge >= 0.3 is 0 Å². The summed E-state index contributed by atoms with van der Waals surface area (Å²) in [7, 11) is 0. The zero-order chi connectivity index (χ0) is 13.1. The molecule has 0 aliphatic heterocycles. The molecule has 0 fully saturated rings. The summed E-state index contributed by atoms with van der Waals surface area (Å²) in [6.45, 7) is 0. The molecule has 0 N–H and O–H groups in total. The molecule has 0 amide bonds. The monoisotopic (exact) mass is 345 g/mol. The van der Waals surface area contributed by atoms with Gasteiger partial charge in [-0.15, -0.1) is 11.3 Å². The van der Waals surface area contributed by atoms with Crippen molar-refractivity contribution in [3.05, 3.63) is 75.0 Å². The first-order valence-electron chi connectivity index (χ1n) is 6.05. The van der Waals surface area contributed by atoms with Gasteiger partial charge in [-0.05, 0) is 17.7 Å². The second-order valence-corrected chi connectivity index (χ2v) is 6.15. The molecular weight excluding hydrogens is 330 g/mol. The van der Waals surface area contributed by atoms with Gasteiger partial charge in [-0.2, -0.15) is 0 Å². The van der Waals surface area contributed by atoms with Crippen LogP contribution in [0.1, 0.15) is 18.0 Å². The topological polar surface area (TPSA) is 12.9 Å². The minimum absolute atomic E-state index is 0. The maximum Gasteiger partial charge on any atom is 0.0976 e. The van der Waals surface area contributed by atoms with Crippen molar-refractivity contribution in [1.29, 1.82) is 0 Å². The van der Waals surface area contributed by atoms with E-state index in [2.05, 4.69) is 57.7 Å². The van der Waals surface area contributed by atoms with Gasteiger partial charge in [0, 0.05) is 21.8 Å². The van der Waals surface area contributed by atoms with Gasteiger partial charge in [0.1, 0.15) is 0 Å². The molecule has 1 nitrogen and oxygen atoms in total. The fourth-order valence-corrected chi connectivity index (χ4v) is 3.01. The first kappa shape index (κ1) is 14.9. The molecule has 0 saturated carbocycles. The summed E-state index contributed by atoms with van der Waals surface area (Å²) in [6.07, 6.45) is 0.894. The van der Waals surface area contributed by atoms with Crippen LogP contribution in [0.2, 0.25) is 0 Å². The number of halogens is 1. The summed E-state index contributed by atoms with van der Waals surface area (Å²) in [5, 5.41) is 3.28. The van der Waals surface area contributed by atoms with Crippen molar-refractivity contribution in [1.82, 2.24) is 4.98 Å². The quantitative estimate of drug-likeness (QED) is 0.584. The van der Waals surface area contributed by atoms with Gasteiger partial charge in [0.15, 0.2) is 0 Å². The standard InChI is InChI=1S/C16H12BrNS.CH4/c17-14-8-6-12(7-9-14)10-16-18-15(11-19-16)13-4-2-1-3-5-13;/h1-9,11H,10H2;1H4. The molecule has 2 aromatic carbocycles. The summed E-state index contributed by atoms with van der Waals surface area (Å²) in [5.41, 5.74) is 3.54. The third-order valence-corrected chi connectivity index (χ3v) is 4.27. The summed E-state index contributed by atoms with van der Waals surface area (Å²) >= 11 is 5.17. The third kappa shape index (κ3) is 3.56. The molecule has 3 heteroatoms. The average molecular weight is 346 g/mol. The summed E-state index contributed by atoms with van der Waals surface area (Å²) in [6, 6.07) is 18.7. The van der Waals surface area contributed by atoms with Crippen LogP contribution in [-0.2, 0) is 6.42 Å². The highest BCUT2D eigenvalue weighted by Gasteiger charge is 2.05. The van der Waals surface area contributed by atoms with E-state index in [4.69, 9.17) is 4.98 Å². The lowest BCUT2D eigenvalue weighted by molar-refractivity contribution is 1.14. The molecule has 1 aromatic heterocycles. The van der Waals surface area contributed by atoms with Gasteiger partial charge in [0.05, 0.1) is 10.7 Å². The molecule has 0 spiro atoms. The minimum atomic E-state index is 0. The molecule has 102 valence electrons. The number of benzene rings is 2. The highest BCUT2D eigenvalue weighted by atomic mass is 79.9. The van der Waals surface area contributed by atoms with E-state index >= 15 is 0 Å². The third-order valence-electron chi connectivity index (χ3n) is 2.89. The molecule has 0 aliphatic rings. The molecule has 3 aromatic rings. The molecule has 20 heavy (non-hydrogen) atoms. The minimum Gasteiger partial charge on any atom is -0.241 e. The Balaban J connectivity index is 0.00000147. The highest BCUT2D eigenvalue weighted by molar-refractivity contribution is 9.10. The predicted octanol–water partition coefficient (Wildman–Crippen LogP) is 5.80. The number of nitrogens with zero attached hydrogens (tertiary/aromatic N) is 1. The van der Waals surface area contributed by atoms with E-state index in [1.165, 1.54) is 11.1 Å². The lowest BCUT2D eigenvalue weighted by Crippen LogP contribution is -1.87. The molecule has 0 radical (unpaired) electrons. The van der Waals surface area contributed by atoms with Crippen LogP contribution < -0.4 is 0 Å². The van der Waals surface area contributed by atoms with Crippen molar-refractivity contribution in [2.45, 2.75) is 13.8 Å². The van der Waals surface area contributed by atoms with E-state index in [1.807, 2.05) is 18.2 Å². The largest absolute Gasteiger partial charge is 0.241 e. The Morgan fingerprint density at radius 2 is 1.65 bits per heavy atom. The number of hydrogen-bond acceptors (Lipinski definition) is 2. The van der Waals surface area contributed by atoms with Gasteiger partial charge in [-0.25, -0.2) is 4.98 Å². The van der Waals surface area contributed by atoms with Crippen LogP contribution in [-0.4, -0.2) is 4.98 Å². The van der Waals surface area contributed by atoms with Crippen LogP contribution in [0.3, 0.4) is 0 Å². The summed E-state index contributed by atoms with van der Waals surface area (Å²) < 4.78 is 1.11. The second-order valence-electron chi connectivity index (χ2n) is 4.30. The van der Waals surface area contributed by atoms with E-state index in [-0.39, 0.29) is 7.43 Å².